The molecule has 6 heteroatoms. The largest absolute Gasteiger partial charge is 0.478 e. The van der Waals surface area contributed by atoms with Crippen molar-refractivity contribution in [2.24, 2.45) is 0 Å². The number of rotatable bonds is 7. The summed E-state index contributed by atoms with van der Waals surface area (Å²) in [6.45, 7) is 6.21. The van der Waals surface area contributed by atoms with Gasteiger partial charge in [0.15, 0.2) is 0 Å². The summed E-state index contributed by atoms with van der Waals surface area (Å²) in [5.41, 5.74) is 5.48. The first-order valence-corrected chi connectivity index (χ1v) is 12.3. The standard InChI is InChI=1S/C27H34N4O2/c1-29-26(32)14-12-22-11-13-25(28-27(22)29)33-20-5-4-15-30-16-18-31(19-17-30)24-10-6-8-21-7-2-3-9-23(21)24/h2-3,7,9-11,13H,4-6,8,12,14-20H2,1H3. The first kappa shape index (κ1) is 22.0. The van der Waals surface area contributed by atoms with Crippen LogP contribution in [-0.4, -0.2) is 67.1 Å². The van der Waals surface area contributed by atoms with Gasteiger partial charge in [-0.1, -0.05) is 30.3 Å². The van der Waals surface area contributed by atoms with Crippen LogP contribution in [0.2, 0.25) is 0 Å². The highest BCUT2D eigenvalue weighted by Crippen LogP contribution is 2.30. The molecule has 0 unspecified atom stereocenters. The van der Waals surface area contributed by atoms with Crippen molar-refractivity contribution in [3.8, 4) is 5.88 Å². The number of nitrogens with zero attached hydrogens (tertiary/aromatic N) is 4. The molecule has 33 heavy (non-hydrogen) atoms. The molecule has 1 aromatic carbocycles. The molecule has 3 aliphatic rings. The van der Waals surface area contributed by atoms with Crippen molar-refractivity contribution >= 4 is 17.4 Å². The molecule has 3 heterocycles. The third-order valence-electron chi connectivity index (χ3n) is 7.11. The zero-order valence-electron chi connectivity index (χ0n) is 19.6. The van der Waals surface area contributed by atoms with Crippen LogP contribution < -0.4 is 9.64 Å². The first-order chi connectivity index (χ1) is 16.2. The SMILES string of the molecule is CN1C(=O)CCc2ccc(OCCCCN3CCN(C4=CCCc5ccccc54)CC3)nc21. The number of aryl methyl sites for hydroxylation is 2. The van der Waals surface area contributed by atoms with E-state index in [-0.39, 0.29) is 5.91 Å². The van der Waals surface area contributed by atoms with Crippen LogP contribution >= 0.6 is 0 Å². The number of anilines is 1. The number of hydrogen-bond acceptors (Lipinski definition) is 5. The quantitative estimate of drug-likeness (QED) is 0.606. The van der Waals surface area contributed by atoms with Gasteiger partial charge in [0.1, 0.15) is 5.82 Å². The summed E-state index contributed by atoms with van der Waals surface area (Å²) in [6, 6.07) is 12.8. The predicted octanol–water partition coefficient (Wildman–Crippen LogP) is 3.75. The Hall–Kier alpha value is -2.86. The van der Waals surface area contributed by atoms with E-state index in [1.54, 1.807) is 11.9 Å². The van der Waals surface area contributed by atoms with E-state index in [1.165, 1.54) is 16.8 Å². The Morgan fingerprint density at radius 2 is 1.79 bits per heavy atom. The van der Waals surface area contributed by atoms with Gasteiger partial charge in [-0.25, -0.2) is 0 Å². The Balaban J connectivity index is 1.03. The number of carbonyl (C=O) groups excluding carboxylic acids is 1. The van der Waals surface area contributed by atoms with E-state index >= 15 is 0 Å². The summed E-state index contributed by atoms with van der Waals surface area (Å²) in [5.74, 6) is 1.48. The van der Waals surface area contributed by atoms with Crippen molar-refractivity contribution in [2.45, 2.75) is 38.5 Å². The number of hydrogen-bond donors (Lipinski definition) is 0. The fraction of sp³-hybridized carbons (Fsp3) is 0.481. The average molecular weight is 447 g/mol. The summed E-state index contributed by atoms with van der Waals surface area (Å²) >= 11 is 0. The molecule has 1 amide bonds. The molecule has 1 aromatic heterocycles. The molecule has 0 bridgehead atoms. The van der Waals surface area contributed by atoms with E-state index in [2.05, 4.69) is 45.1 Å². The van der Waals surface area contributed by atoms with E-state index in [4.69, 9.17) is 4.74 Å². The minimum absolute atomic E-state index is 0.122. The fourth-order valence-corrected chi connectivity index (χ4v) is 5.14. The van der Waals surface area contributed by atoms with Gasteiger partial charge < -0.3 is 9.64 Å². The molecule has 2 aromatic rings. The number of ether oxygens (including phenoxy) is 1. The predicted molar refractivity (Wildman–Crippen MR) is 131 cm³/mol. The highest BCUT2D eigenvalue weighted by Gasteiger charge is 2.23. The molecule has 0 saturated carbocycles. The van der Waals surface area contributed by atoms with Crippen LogP contribution in [0.4, 0.5) is 5.82 Å². The molecule has 0 radical (unpaired) electrons. The van der Waals surface area contributed by atoms with Crippen molar-refractivity contribution < 1.29 is 9.53 Å². The van der Waals surface area contributed by atoms with Crippen molar-refractivity contribution in [1.82, 2.24) is 14.8 Å². The lowest BCUT2D eigenvalue weighted by Crippen LogP contribution is -2.45. The molecule has 0 atom stereocenters. The van der Waals surface area contributed by atoms with Gasteiger partial charge in [0.2, 0.25) is 11.8 Å². The Morgan fingerprint density at radius 3 is 2.67 bits per heavy atom. The number of benzene rings is 1. The molecule has 1 aliphatic carbocycles. The molecule has 0 N–H and O–H groups in total. The van der Waals surface area contributed by atoms with Gasteiger partial charge in [0.05, 0.1) is 6.61 Å². The van der Waals surface area contributed by atoms with Gasteiger partial charge in [0.25, 0.3) is 0 Å². The second-order valence-corrected chi connectivity index (χ2v) is 9.25. The maximum Gasteiger partial charge on any atom is 0.228 e. The van der Waals surface area contributed by atoms with Gasteiger partial charge in [-0.3, -0.25) is 14.6 Å². The van der Waals surface area contributed by atoms with Crippen molar-refractivity contribution in [1.29, 1.82) is 0 Å². The topological polar surface area (TPSA) is 48.9 Å². The molecule has 174 valence electrons. The van der Waals surface area contributed by atoms with Gasteiger partial charge >= 0.3 is 0 Å². The van der Waals surface area contributed by atoms with Crippen LogP contribution in [0, 0.1) is 0 Å². The second-order valence-electron chi connectivity index (χ2n) is 9.25. The van der Waals surface area contributed by atoms with Crippen LogP contribution in [0.1, 0.15) is 42.4 Å². The minimum atomic E-state index is 0.122. The maximum absolute atomic E-state index is 11.9. The Labute approximate surface area is 196 Å². The maximum atomic E-state index is 11.9. The fourth-order valence-electron chi connectivity index (χ4n) is 5.14. The number of aromatic nitrogens is 1. The van der Waals surface area contributed by atoms with E-state index in [9.17, 15) is 4.79 Å². The Bertz CT molecular complexity index is 1030. The van der Waals surface area contributed by atoms with Crippen molar-refractivity contribution in [2.75, 3.05) is 51.3 Å². The molecule has 6 nitrogen and oxygen atoms in total. The monoisotopic (exact) mass is 446 g/mol. The smallest absolute Gasteiger partial charge is 0.228 e. The molecule has 0 spiro atoms. The van der Waals surface area contributed by atoms with Gasteiger partial charge in [-0.15, -0.1) is 0 Å². The van der Waals surface area contributed by atoms with E-state index in [1.807, 2.05) is 12.1 Å². The number of piperazine rings is 1. The van der Waals surface area contributed by atoms with Crippen LogP contribution in [-0.2, 0) is 17.6 Å². The Kier molecular flexibility index (Phi) is 6.63. The summed E-state index contributed by atoms with van der Waals surface area (Å²) in [4.78, 5) is 23.3. The molecule has 2 aliphatic heterocycles. The lowest BCUT2D eigenvalue weighted by molar-refractivity contribution is -0.118. The molecule has 1 saturated heterocycles. The Morgan fingerprint density at radius 1 is 0.939 bits per heavy atom. The molecular formula is C27H34N4O2. The first-order valence-electron chi connectivity index (χ1n) is 12.3. The van der Waals surface area contributed by atoms with Gasteiger partial charge in [-0.05, 0) is 55.8 Å². The molecule has 1 fully saturated rings. The second kappa shape index (κ2) is 9.96. The third kappa shape index (κ3) is 4.91. The number of unbranched alkanes of at least 4 members (excludes halogenated alkanes) is 1. The average Bonchev–Trinajstić information content (AvgIpc) is 2.86. The normalized spacial score (nSPS) is 18.6. The molecular weight excluding hydrogens is 412 g/mol. The number of carbonyl (C=O) groups is 1. The van der Waals surface area contributed by atoms with Crippen LogP contribution in [0.3, 0.4) is 0 Å². The van der Waals surface area contributed by atoms with Gasteiger partial charge in [-0.2, -0.15) is 4.98 Å². The van der Waals surface area contributed by atoms with Crippen molar-refractivity contribution in [3.05, 3.63) is 59.2 Å². The van der Waals surface area contributed by atoms with Crippen LogP contribution in [0.25, 0.3) is 5.70 Å². The zero-order chi connectivity index (χ0) is 22.6. The minimum Gasteiger partial charge on any atom is -0.478 e. The summed E-state index contributed by atoms with van der Waals surface area (Å²) in [6.07, 6.45) is 8.20. The summed E-state index contributed by atoms with van der Waals surface area (Å²) in [5, 5.41) is 0. The van der Waals surface area contributed by atoms with E-state index in [0.717, 1.165) is 76.2 Å². The summed E-state index contributed by atoms with van der Waals surface area (Å²) < 4.78 is 5.89. The zero-order valence-corrected chi connectivity index (χ0v) is 19.6. The lowest BCUT2D eigenvalue weighted by atomic mass is 9.94. The number of fused-ring (bicyclic) bond motifs is 2. The highest BCUT2D eigenvalue weighted by atomic mass is 16.5. The molecule has 5 rings (SSSR count). The van der Waals surface area contributed by atoms with E-state index in [0.29, 0.717) is 18.9 Å². The lowest BCUT2D eigenvalue weighted by Gasteiger charge is -2.38. The summed E-state index contributed by atoms with van der Waals surface area (Å²) in [7, 11) is 1.79. The van der Waals surface area contributed by atoms with Crippen LogP contribution in [0.15, 0.2) is 42.5 Å². The number of pyridine rings is 1. The van der Waals surface area contributed by atoms with Crippen LogP contribution in [0.5, 0.6) is 5.88 Å². The number of amides is 1. The van der Waals surface area contributed by atoms with Crippen molar-refractivity contribution in [3.63, 3.8) is 0 Å². The third-order valence-corrected chi connectivity index (χ3v) is 7.11. The van der Waals surface area contributed by atoms with Gasteiger partial charge in [0, 0.05) is 57.0 Å². The number of allylic oxidation sites excluding steroid dienone is 1. The van der Waals surface area contributed by atoms with E-state index < -0.39 is 0 Å². The highest BCUT2D eigenvalue weighted by molar-refractivity contribution is 5.94.